The van der Waals surface area contributed by atoms with Gasteiger partial charge in [0, 0.05) is 13.6 Å². The molecule has 1 unspecified atom stereocenters. The fraction of sp³-hybridized carbons (Fsp3) is 0.833. The summed E-state index contributed by atoms with van der Waals surface area (Å²) < 4.78 is 1.69. The molecule has 5 heteroatoms. The average Bonchev–Trinajstić information content (AvgIpc) is 2.90. The van der Waals surface area contributed by atoms with E-state index in [2.05, 4.69) is 15.4 Å². The highest BCUT2D eigenvalue weighted by Gasteiger charge is 2.18. The van der Waals surface area contributed by atoms with Crippen molar-refractivity contribution in [2.45, 2.75) is 44.8 Å². The molecule has 1 saturated carbocycles. The molecule has 5 nitrogen and oxygen atoms in total. The van der Waals surface area contributed by atoms with Crippen LogP contribution in [0, 0.1) is 5.92 Å². The summed E-state index contributed by atoms with van der Waals surface area (Å²) in [7, 11) is 1.85. The fourth-order valence-corrected chi connectivity index (χ4v) is 2.53. The van der Waals surface area contributed by atoms with Crippen molar-refractivity contribution < 1.29 is 5.11 Å². The predicted molar refractivity (Wildman–Crippen MR) is 65.3 cm³/mol. The summed E-state index contributed by atoms with van der Waals surface area (Å²) in [5, 5.41) is 17.3. The Morgan fingerprint density at radius 3 is 2.94 bits per heavy atom. The predicted octanol–water partition coefficient (Wildman–Crippen LogP) is 0.846. The standard InChI is InChI=1S/C12H22N4O/c1-16-9-14-12(15-16)8-13-7-11(17)6-10-4-2-3-5-10/h9-11,13,17H,2-8H2,1H3. The van der Waals surface area contributed by atoms with Crippen molar-refractivity contribution in [2.75, 3.05) is 6.54 Å². The normalized spacial score (nSPS) is 18.7. The zero-order chi connectivity index (χ0) is 12.1. The van der Waals surface area contributed by atoms with Crippen molar-refractivity contribution in [1.29, 1.82) is 0 Å². The third-order valence-corrected chi connectivity index (χ3v) is 3.39. The number of rotatable bonds is 6. The highest BCUT2D eigenvalue weighted by atomic mass is 16.3. The Kier molecular flexibility index (Phi) is 4.50. The second kappa shape index (κ2) is 6.12. The molecule has 0 aromatic carbocycles. The summed E-state index contributed by atoms with van der Waals surface area (Å²) in [5.74, 6) is 1.51. The van der Waals surface area contributed by atoms with Gasteiger partial charge in [0.1, 0.15) is 6.33 Å². The van der Waals surface area contributed by atoms with Crippen molar-refractivity contribution in [3.05, 3.63) is 12.2 Å². The van der Waals surface area contributed by atoms with Crippen LogP contribution in [-0.2, 0) is 13.6 Å². The summed E-state index contributed by atoms with van der Waals surface area (Å²) in [6.45, 7) is 1.26. The molecule has 0 saturated heterocycles. The topological polar surface area (TPSA) is 63.0 Å². The largest absolute Gasteiger partial charge is 0.392 e. The van der Waals surface area contributed by atoms with Gasteiger partial charge in [-0.05, 0) is 12.3 Å². The first kappa shape index (κ1) is 12.5. The Balaban J connectivity index is 1.60. The van der Waals surface area contributed by atoms with E-state index in [1.54, 1.807) is 11.0 Å². The molecule has 0 spiro atoms. The smallest absolute Gasteiger partial charge is 0.164 e. The fourth-order valence-electron chi connectivity index (χ4n) is 2.53. The summed E-state index contributed by atoms with van der Waals surface area (Å²) in [4.78, 5) is 4.12. The van der Waals surface area contributed by atoms with E-state index in [4.69, 9.17) is 0 Å². The van der Waals surface area contributed by atoms with E-state index >= 15 is 0 Å². The van der Waals surface area contributed by atoms with Crippen molar-refractivity contribution >= 4 is 0 Å². The van der Waals surface area contributed by atoms with Gasteiger partial charge in [0.25, 0.3) is 0 Å². The Bertz CT molecular complexity index is 333. The molecular formula is C12H22N4O. The van der Waals surface area contributed by atoms with Gasteiger partial charge in [-0.2, -0.15) is 5.10 Å². The Morgan fingerprint density at radius 1 is 1.53 bits per heavy atom. The van der Waals surface area contributed by atoms with Crippen LogP contribution in [0.25, 0.3) is 0 Å². The van der Waals surface area contributed by atoms with E-state index in [0.717, 1.165) is 18.2 Å². The number of aromatic nitrogens is 3. The summed E-state index contributed by atoms with van der Waals surface area (Å²) in [6, 6.07) is 0. The molecule has 0 bridgehead atoms. The van der Waals surface area contributed by atoms with E-state index in [1.807, 2.05) is 7.05 Å². The minimum atomic E-state index is -0.234. The monoisotopic (exact) mass is 238 g/mol. The molecule has 1 aromatic heterocycles. The first-order valence-corrected chi connectivity index (χ1v) is 6.47. The summed E-state index contributed by atoms with van der Waals surface area (Å²) in [6.07, 6.45) is 7.64. The van der Waals surface area contributed by atoms with Crippen LogP contribution in [0.15, 0.2) is 6.33 Å². The number of aliphatic hydroxyl groups excluding tert-OH is 1. The van der Waals surface area contributed by atoms with Gasteiger partial charge < -0.3 is 10.4 Å². The highest BCUT2D eigenvalue weighted by Crippen LogP contribution is 2.28. The second-order valence-corrected chi connectivity index (χ2v) is 5.01. The summed E-state index contributed by atoms with van der Waals surface area (Å²) in [5.41, 5.74) is 0. The molecule has 1 fully saturated rings. The van der Waals surface area contributed by atoms with E-state index in [1.165, 1.54) is 25.7 Å². The summed E-state index contributed by atoms with van der Waals surface area (Å²) >= 11 is 0. The van der Waals surface area contributed by atoms with Crippen molar-refractivity contribution in [3.8, 4) is 0 Å². The third-order valence-electron chi connectivity index (χ3n) is 3.39. The SMILES string of the molecule is Cn1cnc(CNCC(O)CC2CCCC2)n1. The molecule has 0 aliphatic heterocycles. The Labute approximate surface area is 102 Å². The molecule has 2 N–H and O–H groups in total. The molecule has 1 heterocycles. The van der Waals surface area contributed by atoms with Crippen LogP contribution in [0.3, 0.4) is 0 Å². The number of aliphatic hydroxyl groups is 1. The van der Waals surface area contributed by atoms with Crippen molar-refractivity contribution in [3.63, 3.8) is 0 Å². The lowest BCUT2D eigenvalue weighted by Gasteiger charge is -2.15. The lowest BCUT2D eigenvalue weighted by molar-refractivity contribution is 0.140. The lowest BCUT2D eigenvalue weighted by atomic mass is 10.0. The van der Waals surface area contributed by atoms with Gasteiger partial charge in [-0.1, -0.05) is 25.7 Å². The molecule has 0 radical (unpaired) electrons. The number of hydrogen-bond donors (Lipinski definition) is 2. The van der Waals surface area contributed by atoms with Gasteiger partial charge >= 0.3 is 0 Å². The maximum Gasteiger partial charge on any atom is 0.164 e. The van der Waals surface area contributed by atoms with Crippen LogP contribution in [0.5, 0.6) is 0 Å². The molecule has 1 aromatic rings. The average molecular weight is 238 g/mol. The van der Waals surface area contributed by atoms with Crippen LogP contribution >= 0.6 is 0 Å². The van der Waals surface area contributed by atoms with Crippen molar-refractivity contribution in [2.24, 2.45) is 13.0 Å². The molecule has 0 amide bonds. The van der Waals surface area contributed by atoms with Gasteiger partial charge in [0.2, 0.25) is 0 Å². The van der Waals surface area contributed by atoms with Crippen LogP contribution in [0.1, 0.15) is 37.9 Å². The van der Waals surface area contributed by atoms with E-state index in [9.17, 15) is 5.11 Å². The van der Waals surface area contributed by atoms with Crippen LogP contribution in [0.4, 0.5) is 0 Å². The quantitative estimate of drug-likeness (QED) is 0.771. The van der Waals surface area contributed by atoms with Crippen LogP contribution < -0.4 is 5.32 Å². The zero-order valence-electron chi connectivity index (χ0n) is 10.5. The molecule has 1 aliphatic carbocycles. The molecular weight excluding hydrogens is 216 g/mol. The van der Waals surface area contributed by atoms with Gasteiger partial charge in [-0.15, -0.1) is 0 Å². The number of hydrogen-bond acceptors (Lipinski definition) is 4. The minimum absolute atomic E-state index is 0.234. The Morgan fingerprint density at radius 2 is 2.29 bits per heavy atom. The maximum atomic E-state index is 9.88. The molecule has 1 aliphatic rings. The number of nitrogens with one attached hydrogen (secondary N) is 1. The minimum Gasteiger partial charge on any atom is -0.392 e. The van der Waals surface area contributed by atoms with Gasteiger partial charge in [0.05, 0.1) is 12.6 Å². The second-order valence-electron chi connectivity index (χ2n) is 5.01. The van der Waals surface area contributed by atoms with Crippen molar-refractivity contribution in [1.82, 2.24) is 20.1 Å². The number of aryl methyl sites for hydroxylation is 1. The van der Waals surface area contributed by atoms with E-state index in [0.29, 0.717) is 13.1 Å². The van der Waals surface area contributed by atoms with Crippen LogP contribution in [-0.4, -0.2) is 32.5 Å². The van der Waals surface area contributed by atoms with Gasteiger partial charge in [-0.3, -0.25) is 4.68 Å². The Hall–Kier alpha value is -0.940. The zero-order valence-corrected chi connectivity index (χ0v) is 10.5. The molecule has 2 rings (SSSR count). The third kappa shape index (κ3) is 4.09. The highest BCUT2D eigenvalue weighted by molar-refractivity contribution is 4.80. The van der Waals surface area contributed by atoms with Gasteiger partial charge in [-0.25, -0.2) is 4.98 Å². The molecule has 96 valence electrons. The molecule has 17 heavy (non-hydrogen) atoms. The number of nitrogens with zero attached hydrogens (tertiary/aromatic N) is 3. The lowest BCUT2D eigenvalue weighted by Crippen LogP contribution is -2.28. The maximum absolute atomic E-state index is 9.88. The van der Waals surface area contributed by atoms with E-state index in [-0.39, 0.29) is 6.10 Å². The first-order chi connectivity index (χ1) is 8.24. The van der Waals surface area contributed by atoms with Crippen LogP contribution in [0.2, 0.25) is 0 Å². The first-order valence-electron chi connectivity index (χ1n) is 6.47. The van der Waals surface area contributed by atoms with E-state index < -0.39 is 0 Å². The molecule has 1 atom stereocenters. The van der Waals surface area contributed by atoms with Gasteiger partial charge in [0.15, 0.2) is 5.82 Å².